The number of aldehydes is 1. The van der Waals surface area contributed by atoms with E-state index in [-0.39, 0.29) is 11.7 Å². The van der Waals surface area contributed by atoms with Crippen molar-refractivity contribution in [3.63, 3.8) is 0 Å². The molecule has 0 saturated heterocycles. The fraction of sp³-hybridized carbons (Fsp3) is 0.471. The first-order valence-electron chi connectivity index (χ1n) is 7.82. The van der Waals surface area contributed by atoms with Crippen LogP contribution in [0.15, 0.2) is 18.5 Å². The van der Waals surface area contributed by atoms with Crippen LogP contribution in [0, 0.1) is 18.7 Å². The van der Waals surface area contributed by atoms with Gasteiger partial charge in [-0.15, -0.1) is 0 Å². The number of hydrogen-bond acceptors (Lipinski definition) is 3. The molecule has 2 aliphatic carbocycles. The quantitative estimate of drug-likeness (QED) is 0.813. The monoisotopic (exact) mass is 299 g/mol. The molecule has 4 nitrogen and oxygen atoms in total. The standard InChI is InChI=1S/C17H18FN3O/c1-10-4-13(18)7-19-16(10)15-8-21(14-5-11(6-14)9-22)20-17(15)12-2-3-12/h4,7-9,11-12,14H,2-3,5-6H2,1H3. The van der Waals surface area contributed by atoms with Gasteiger partial charge in [0.25, 0.3) is 0 Å². The Kier molecular flexibility index (Phi) is 3.10. The second-order valence-electron chi connectivity index (χ2n) is 6.52. The minimum Gasteiger partial charge on any atom is -0.303 e. The summed E-state index contributed by atoms with van der Waals surface area (Å²) in [6, 6.07) is 1.82. The molecule has 2 aromatic rings. The van der Waals surface area contributed by atoms with Gasteiger partial charge in [-0.25, -0.2) is 4.39 Å². The van der Waals surface area contributed by atoms with Crippen molar-refractivity contribution in [3.8, 4) is 11.3 Å². The van der Waals surface area contributed by atoms with Gasteiger partial charge in [-0.3, -0.25) is 9.67 Å². The summed E-state index contributed by atoms with van der Waals surface area (Å²) in [4.78, 5) is 15.1. The van der Waals surface area contributed by atoms with E-state index in [1.54, 1.807) is 0 Å². The molecule has 2 aromatic heterocycles. The summed E-state index contributed by atoms with van der Waals surface area (Å²) in [5, 5.41) is 4.77. The number of aromatic nitrogens is 3. The minimum atomic E-state index is -0.311. The summed E-state index contributed by atoms with van der Waals surface area (Å²) in [5.41, 5.74) is 3.76. The maximum absolute atomic E-state index is 13.3. The van der Waals surface area contributed by atoms with Crippen LogP contribution in [0.4, 0.5) is 4.39 Å². The van der Waals surface area contributed by atoms with E-state index < -0.39 is 0 Å². The lowest BCUT2D eigenvalue weighted by Crippen LogP contribution is -2.28. The second kappa shape index (κ2) is 5.00. The number of pyridine rings is 1. The van der Waals surface area contributed by atoms with Gasteiger partial charge >= 0.3 is 0 Å². The van der Waals surface area contributed by atoms with Crippen molar-refractivity contribution < 1.29 is 9.18 Å². The van der Waals surface area contributed by atoms with Gasteiger partial charge in [0.05, 0.1) is 23.6 Å². The van der Waals surface area contributed by atoms with Crippen molar-refractivity contribution in [1.82, 2.24) is 14.8 Å². The summed E-state index contributed by atoms with van der Waals surface area (Å²) in [6.07, 6.45) is 8.38. The zero-order chi connectivity index (χ0) is 15.3. The molecule has 4 rings (SSSR count). The van der Waals surface area contributed by atoms with E-state index in [1.807, 2.05) is 17.8 Å². The Bertz CT molecular complexity index is 730. The van der Waals surface area contributed by atoms with E-state index in [1.165, 1.54) is 12.3 Å². The molecule has 0 unspecified atom stereocenters. The fourth-order valence-corrected chi connectivity index (χ4v) is 3.21. The van der Waals surface area contributed by atoms with Crippen molar-refractivity contribution in [1.29, 1.82) is 0 Å². The lowest BCUT2D eigenvalue weighted by atomic mass is 9.81. The SMILES string of the molecule is Cc1cc(F)cnc1-c1cn(C2CC(C=O)C2)nc1C1CC1. The molecule has 0 amide bonds. The summed E-state index contributed by atoms with van der Waals surface area (Å²) in [5.74, 6) is 0.367. The molecule has 0 spiro atoms. The third kappa shape index (κ3) is 2.25. The minimum absolute atomic E-state index is 0.174. The average Bonchev–Trinajstić information content (AvgIpc) is 3.19. The molecule has 0 bridgehead atoms. The summed E-state index contributed by atoms with van der Waals surface area (Å²) in [6.45, 7) is 1.88. The van der Waals surface area contributed by atoms with Crippen molar-refractivity contribution in [2.45, 2.75) is 44.6 Å². The van der Waals surface area contributed by atoms with Gasteiger partial charge in [-0.2, -0.15) is 5.10 Å². The fourth-order valence-electron chi connectivity index (χ4n) is 3.21. The Morgan fingerprint density at radius 1 is 1.36 bits per heavy atom. The molecular weight excluding hydrogens is 281 g/mol. The zero-order valence-electron chi connectivity index (χ0n) is 12.5. The molecule has 5 heteroatoms. The van der Waals surface area contributed by atoms with Gasteiger partial charge in [0, 0.05) is 23.6 Å². The van der Waals surface area contributed by atoms with Gasteiger partial charge in [0.15, 0.2) is 0 Å². The molecule has 114 valence electrons. The van der Waals surface area contributed by atoms with Crippen LogP contribution in [0.25, 0.3) is 11.3 Å². The van der Waals surface area contributed by atoms with Crippen molar-refractivity contribution in [3.05, 3.63) is 35.5 Å². The Morgan fingerprint density at radius 2 is 2.14 bits per heavy atom. The van der Waals surface area contributed by atoms with Gasteiger partial charge in [-0.05, 0) is 44.2 Å². The molecule has 0 radical (unpaired) electrons. The van der Waals surface area contributed by atoms with Gasteiger partial charge in [0.1, 0.15) is 12.1 Å². The van der Waals surface area contributed by atoms with Crippen LogP contribution in [-0.2, 0) is 4.79 Å². The highest BCUT2D eigenvalue weighted by atomic mass is 19.1. The molecule has 2 fully saturated rings. The van der Waals surface area contributed by atoms with E-state index in [9.17, 15) is 9.18 Å². The van der Waals surface area contributed by atoms with Crippen LogP contribution in [-0.4, -0.2) is 21.1 Å². The van der Waals surface area contributed by atoms with Crippen LogP contribution in [0.3, 0.4) is 0 Å². The van der Waals surface area contributed by atoms with Gasteiger partial charge in [0.2, 0.25) is 0 Å². The third-order valence-electron chi connectivity index (χ3n) is 4.74. The number of carbonyl (C=O) groups excluding carboxylic acids is 1. The Morgan fingerprint density at radius 3 is 2.77 bits per heavy atom. The van der Waals surface area contributed by atoms with Crippen molar-refractivity contribution in [2.24, 2.45) is 5.92 Å². The average molecular weight is 299 g/mol. The van der Waals surface area contributed by atoms with Gasteiger partial charge in [-0.1, -0.05) is 0 Å². The van der Waals surface area contributed by atoms with Crippen molar-refractivity contribution >= 4 is 6.29 Å². The zero-order valence-corrected chi connectivity index (χ0v) is 12.5. The molecular formula is C17H18FN3O. The number of hydrogen-bond donors (Lipinski definition) is 0. The summed E-state index contributed by atoms with van der Waals surface area (Å²) in [7, 11) is 0. The van der Waals surface area contributed by atoms with E-state index in [4.69, 9.17) is 5.10 Å². The second-order valence-corrected chi connectivity index (χ2v) is 6.52. The predicted molar refractivity (Wildman–Crippen MR) is 80.0 cm³/mol. The topological polar surface area (TPSA) is 47.8 Å². The molecule has 0 aromatic carbocycles. The number of carbonyl (C=O) groups is 1. The number of aryl methyl sites for hydroxylation is 1. The van der Waals surface area contributed by atoms with Crippen LogP contribution >= 0.6 is 0 Å². The lowest BCUT2D eigenvalue weighted by molar-refractivity contribution is -0.114. The lowest BCUT2D eigenvalue weighted by Gasteiger charge is -2.31. The molecule has 2 heterocycles. The third-order valence-corrected chi connectivity index (χ3v) is 4.74. The normalized spacial score (nSPS) is 24.1. The van der Waals surface area contributed by atoms with Gasteiger partial charge < -0.3 is 4.79 Å². The summed E-state index contributed by atoms with van der Waals surface area (Å²) < 4.78 is 15.3. The first-order chi connectivity index (χ1) is 10.7. The highest BCUT2D eigenvalue weighted by molar-refractivity contribution is 5.66. The Balaban J connectivity index is 1.71. The Hall–Kier alpha value is -2.04. The largest absolute Gasteiger partial charge is 0.303 e. The number of nitrogens with zero attached hydrogens (tertiary/aromatic N) is 3. The molecule has 22 heavy (non-hydrogen) atoms. The molecule has 0 N–H and O–H groups in total. The van der Waals surface area contributed by atoms with E-state index >= 15 is 0 Å². The van der Waals surface area contributed by atoms with E-state index in [2.05, 4.69) is 4.98 Å². The van der Waals surface area contributed by atoms with Crippen LogP contribution < -0.4 is 0 Å². The predicted octanol–water partition coefficient (Wildman–Crippen LogP) is 3.42. The van der Waals surface area contributed by atoms with Crippen LogP contribution in [0.1, 0.15) is 48.9 Å². The van der Waals surface area contributed by atoms with E-state index in [0.29, 0.717) is 12.0 Å². The van der Waals surface area contributed by atoms with Crippen molar-refractivity contribution in [2.75, 3.05) is 0 Å². The maximum Gasteiger partial charge on any atom is 0.141 e. The first kappa shape index (κ1) is 13.6. The maximum atomic E-state index is 13.3. The number of halogens is 1. The van der Waals surface area contributed by atoms with E-state index in [0.717, 1.165) is 54.5 Å². The smallest absolute Gasteiger partial charge is 0.141 e. The van der Waals surface area contributed by atoms with Crippen LogP contribution in [0.5, 0.6) is 0 Å². The highest BCUT2D eigenvalue weighted by Gasteiger charge is 2.35. The highest BCUT2D eigenvalue weighted by Crippen LogP contribution is 2.45. The molecule has 2 aliphatic rings. The molecule has 2 saturated carbocycles. The Labute approximate surface area is 128 Å². The molecule has 0 atom stereocenters. The van der Waals surface area contributed by atoms with Crippen LogP contribution in [0.2, 0.25) is 0 Å². The number of rotatable bonds is 4. The first-order valence-corrected chi connectivity index (χ1v) is 7.82. The summed E-state index contributed by atoms with van der Waals surface area (Å²) >= 11 is 0. The molecule has 0 aliphatic heterocycles.